The first-order valence-electron chi connectivity index (χ1n) is 7.11. The Bertz CT molecular complexity index is 649. The van der Waals surface area contributed by atoms with E-state index in [9.17, 15) is 4.39 Å². The van der Waals surface area contributed by atoms with Gasteiger partial charge in [-0.15, -0.1) is 24.0 Å². The second-order valence-electron chi connectivity index (χ2n) is 4.82. The molecule has 0 saturated carbocycles. The van der Waals surface area contributed by atoms with Crippen LogP contribution in [-0.4, -0.2) is 19.6 Å². The zero-order valence-corrected chi connectivity index (χ0v) is 15.9. The number of nitrogens with one attached hydrogen (secondary N) is 2. The van der Waals surface area contributed by atoms with Gasteiger partial charge in [0.25, 0.3) is 0 Å². The van der Waals surface area contributed by atoms with E-state index in [0.717, 1.165) is 22.6 Å². The van der Waals surface area contributed by atoms with E-state index in [4.69, 9.17) is 11.6 Å². The second kappa shape index (κ2) is 10.4. The van der Waals surface area contributed by atoms with E-state index in [1.54, 1.807) is 13.1 Å². The minimum Gasteiger partial charge on any atom is -0.356 e. The monoisotopic (exact) mass is 447 g/mol. The molecule has 2 rings (SSSR count). The average molecular weight is 448 g/mol. The fourth-order valence-electron chi connectivity index (χ4n) is 2.07. The van der Waals surface area contributed by atoms with Crippen molar-refractivity contribution < 1.29 is 4.39 Å². The Kier molecular flexibility index (Phi) is 8.94. The van der Waals surface area contributed by atoms with Gasteiger partial charge in [-0.1, -0.05) is 41.9 Å². The standard InChI is InChI=1S/C17H19ClFN3.HI/c1-20-17(22-12-13-5-4-7-15(19)11-13)21-10-9-14-6-2-3-8-16(14)18;/h2-8,11H,9-10,12H2,1H3,(H2,20,21,22);1H. The minimum atomic E-state index is -0.235. The molecular formula is C17H20ClFIN3. The van der Waals surface area contributed by atoms with E-state index >= 15 is 0 Å². The van der Waals surface area contributed by atoms with Gasteiger partial charge in [-0.25, -0.2) is 4.39 Å². The molecule has 0 unspecified atom stereocenters. The first-order chi connectivity index (χ1) is 10.7. The van der Waals surface area contributed by atoms with E-state index in [2.05, 4.69) is 15.6 Å². The van der Waals surface area contributed by atoms with E-state index in [-0.39, 0.29) is 29.8 Å². The minimum absolute atomic E-state index is 0. The number of halogens is 3. The van der Waals surface area contributed by atoms with E-state index in [1.807, 2.05) is 30.3 Å². The Morgan fingerprint density at radius 1 is 1.13 bits per heavy atom. The van der Waals surface area contributed by atoms with Gasteiger partial charge in [0.2, 0.25) is 0 Å². The van der Waals surface area contributed by atoms with E-state index in [1.165, 1.54) is 12.1 Å². The van der Waals surface area contributed by atoms with Gasteiger partial charge in [0.05, 0.1) is 0 Å². The molecule has 0 aliphatic rings. The molecule has 124 valence electrons. The molecule has 0 aliphatic heterocycles. The lowest BCUT2D eigenvalue weighted by atomic mass is 10.1. The summed E-state index contributed by atoms with van der Waals surface area (Å²) >= 11 is 6.12. The lowest BCUT2D eigenvalue weighted by Gasteiger charge is -2.12. The third kappa shape index (κ3) is 6.74. The number of benzene rings is 2. The van der Waals surface area contributed by atoms with Crippen molar-refractivity contribution in [3.63, 3.8) is 0 Å². The molecule has 2 N–H and O–H groups in total. The summed E-state index contributed by atoms with van der Waals surface area (Å²) in [6, 6.07) is 14.3. The summed E-state index contributed by atoms with van der Waals surface area (Å²) in [7, 11) is 1.70. The van der Waals surface area contributed by atoms with Crippen LogP contribution in [-0.2, 0) is 13.0 Å². The smallest absolute Gasteiger partial charge is 0.191 e. The molecule has 0 aromatic heterocycles. The zero-order chi connectivity index (χ0) is 15.8. The summed E-state index contributed by atoms with van der Waals surface area (Å²) < 4.78 is 13.1. The molecule has 3 nitrogen and oxygen atoms in total. The van der Waals surface area contributed by atoms with Crippen LogP contribution in [0.4, 0.5) is 4.39 Å². The maximum atomic E-state index is 13.1. The zero-order valence-electron chi connectivity index (χ0n) is 12.9. The highest BCUT2D eigenvalue weighted by Crippen LogP contribution is 2.14. The van der Waals surface area contributed by atoms with Crippen molar-refractivity contribution in [1.29, 1.82) is 0 Å². The predicted octanol–water partition coefficient (Wildman–Crippen LogP) is 4.00. The van der Waals surface area contributed by atoms with Gasteiger partial charge in [0.1, 0.15) is 5.82 Å². The molecule has 2 aromatic carbocycles. The summed E-state index contributed by atoms with van der Waals surface area (Å²) in [4.78, 5) is 4.15. The van der Waals surface area contributed by atoms with Crippen LogP contribution < -0.4 is 10.6 Å². The molecule has 0 aliphatic carbocycles. The van der Waals surface area contributed by atoms with Crippen LogP contribution >= 0.6 is 35.6 Å². The normalized spacial score (nSPS) is 10.8. The predicted molar refractivity (Wildman–Crippen MR) is 105 cm³/mol. The van der Waals surface area contributed by atoms with Crippen molar-refractivity contribution in [3.8, 4) is 0 Å². The summed E-state index contributed by atoms with van der Waals surface area (Å²) in [6.45, 7) is 1.23. The number of hydrogen-bond acceptors (Lipinski definition) is 1. The molecule has 2 aromatic rings. The SMILES string of the molecule is CN=C(NCCc1ccccc1Cl)NCc1cccc(F)c1.I. The molecule has 0 amide bonds. The Hall–Kier alpha value is -1.34. The highest BCUT2D eigenvalue weighted by Gasteiger charge is 2.01. The quantitative estimate of drug-likeness (QED) is 0.413. The molecule has 23 heavy (non-hydrogen) atoms. The van der Waals surface area contributed by atoms with Gasteiger partial charge >= 0.3 is 0 Å². The third-order valence-electron chi connectivity index (χ3n) is 3.22. The Morgan fingerprint density at radius 2 is 1.91 bits per heavy atom. The van der Waals surface area contributed by atoms with Crippen LogP contribution in [0.5, 0.6) is 0 Å². The molecular weight excluding hydrogens is 428 g/mol. The van der Waals surface area contributed by atoms with E-state index < -0.39 is 0 Å². The number of guanidine groups is 1. The molecule has 0 heterocycles. The number of hydrogen-bond donors (Lipinski definition) is 2. The van der Waals surface area contributed by atoms with Crippen molar-refractivity contribution in [2.45, 2.75) is 13.0 Å². The molecule has 6 heteroatoms. The molecule has 0 spiro atoms. The maximum absolute atomic E-state index is 13.1. The van der Waals surface area contributed by atoms with E-state index in [0.29, 0.717) is 19.0 Å². The van der Waals surface area contributed by atoms with Crippen LogP contribution in [0.1, 0.15) is 11.1 Å². The number of nitrogens with zero attached hydrogens (tertiary/aromatic N) is 1. The van der Waals surface area contributed by atoms with Gasteiger partial charge in [-0.2, -0.15) is 0 Å². The topological polar surface area (TPSA) is 36.4 Å². The number of aliphatic imine (C=N–C) groups is 1. The fraction of sp³-hybridized carbons (Fsp3) is 0.235. The van der Waals surface area contributed by atoms with Crippen LogP contribution in [0, 0.1) is 5.82 Å². The summed E-state index contributed by atoms with van der Waals surface area (Å²) in [5.74, 6) is 0.442. The second-order valence-corrected chi connectivity index (χ2v) is 5.23. The summed E-state index contributed by atoms with van der Waals surface area (Å²) in [5.41, 5.74) is 1.96. The average Bonchev–Trinajstić information content (AvgIpc) is 2.52. The molecule has 0 atom stereocenters. The first kappa shape index (κ1) is 19.7. The maximum Gasteiger partial charge on any atom is 0.191 e. The lowest BCUT2D eigenvalue weighted by Crippen LogP contribution is -2.37. The van der Waals surface area contributed by atoms with Crippen molar-refractivity contribution in [2.24, 2.45) is 4.99 Å². The van der Waals surface area contributed by atoms with Gasteiger partial charge in [0, 0.05) is 25.2 Å². The fourth-order valence-corrected chi connectivity index (χ4v) is 2.30. The van der Waals surface area contributed by atoms with Crippen molar-refractivity contribution >= 4 is 41.5 Å². The Labute approximate surface area is 158 Å². The largest absolute Gasteiger partial charge is 0.356 e. The first-order valence-corrected chi connectivity index (χ1v) is 7.49. The number of rotatable bonds is 5. The molecule has 0 bridgehead atoms. The van der Waals surface area contributed by atoms with Gasteiger partial charge in [-0.05, 0) is 35.7 Å². The Balaban J connectivity index is 0.00000264. The van der Waals surface area contributed by atoms with Crippen LogP contribution in [0.25, 0.3) is 0 Å². The highest BCUT2D eigenvalue weighted by molar-refractivity contribution is 14.0. The van der Waals surface area contributed by atoms with Crippen molar-refractivity contribution in [3.05, 3.63) is 70.5 Å². The van der Waals surface area contributed by atoms with Crippen LogP contribution in [0.15, 0.2) is 53.5 Å². The van der Waals surface area contributed by atoms with Crippen LogP contribution in [0.3, 0.4) is 0 Å². The highest BCUT2D eigenvalue weighted by atomic mass is 127. The van der Waals surface area contributed by atoms with Gasteiger partial charge in [-0.3, -0.25) is 4.99 Å². The summed E-state index contributed by atoms with van der Waals surface area (Å²) in [5, 5.41) is 7.14. The lowest BCUT2D eigenvalue weighted by molar-refractivity contribution is 0.624. The van der Waals surface area contributed by atoms with Gasteiger partial charge in [0.15, 0.2) is 5.96 Å². The van der Waals surface area contributed by atoms with Crippen LogP contribution in [0.2, 0.25) is 5.02 Å². The van der Waals surface area contributed by atoms with Crippen molar-refractivity contribution in [1.82, 2.24) is 10.6 Å². The summed E-state index contributed by atoms with van der Waals surface area (Å²) in [6.07, 6.45) is 0.806. The van der Waals surface area contributed by atoms with Crippen molar-refractivity contribution in [2.75, 3.05) is 13.6 Å². The Morgan fingerprint density at radius 3 is 2.61 bits per heavy atom. The molecule has 0 fully saturated rings. The third-order valence-corrected chi connectivity index (χ3v) is 3.59. The molecule has 0 radical (unpaired) electrons. The molecule has 0 saturated heterocycles. The van der Waals surface area contributed by atoms with Gasteiger partial charge < -0.3 is 10.6 Å².